The van der Waals surface area contributed by atoms with E-state index in [2.05, 4.69) is 21.2 Å². The summed E-state index contributed by atoms with van der Waals surface area (Å²) in [5, 5.41) is 12.3. The van der Waals surface area contributed by atoms with Crippen molar-refractivity contribution >= 4 is 39.2 Å². The molecule has 1 aromatic rings. The predicted octanol–water partition coefficient (Wildman–Crippen LogP) is 3.38. The van der Waals surface area contributed by atoms with Gasteiger partial charge in [-0.1, -0.05) is 34.5 Å². The van der Waals surface area contributed by atoms with Gasteiger partial charge in [0.15, 0.2) is 0 Å². The first kappa shape index (κ1) is 12.3. The van der Waals surface area contributed by atoms with Crippen LogP contribution in [0.25, 0.3) is 0 Å². The van der Waals surface area contributed by atoms with Gasteiger partial charge in [-0.05, 0) is 24.6 Å². The summed E-state index contributed by atoms with van der Waals surface area (Å²) in [6, 6.07) is 4.66. The van der Waals surface area contributed by atoms with Gasteiger partial charge in [0.25, 0.3) is 0 Å². The van der Waals surface area contributed by atoms with Crippen LogP contribution in [-0.4, -0.2) is 17.1 Å². The maximum Gasteiger partial charge on any atom is 0.326 e. The molecule has 1 aromatic carbocycles. The van der Waals surface area contributed by atoms with Crippen molar-refractivity contribution < 1.29 is 9.90 Å². The van der Waals surface area contributed by atoms with E-state index in [1.165, 1.54) is 0 Å². The fourth-order valence-electron chi connectivity index (χ4n) is 1.13. The molecule has 0 aromatic heterocycles. The number of carboxylic acids is 1. The minimum atomic E-state index is -0.881. The Morgan fingerprint density at radius 2 is 2.33 bits per heavy atom. The molecule has 0 saturated heterocycles. The number of benzene rings is 1. The lowest BCUT2D eigenvalue weighted by Crippen LogP contribution is -2.28. The Kier molecular flexibility index (Phi) is 4.42. The number of rotatable bonds is 4. The molecule has 2 N–H and O–H groups in total. The first-order valence-corrected chi connectivity index (χ1v) is 5.66. The van der Waals surface area contributed by atoms with Crippen LogP contribution in [0, 0.1) is 0 Å². The number of hydrogen-bond donors (Lipinski definition) is 2. The third-order valence-electron chi connectivity index (χ3n) is 1.96. The first-order chi connectivity index (χ1) is 7.04. The highest BCUT2D eigenvalue weighted by Gasteiger charge is 2.15. The standard InChI is InChI=1S/C10H11BrClNO2/c1-2-8(10(14)15)13-9-5-6(11)3-4-7(9)12/h3-5,8,13H,2H2,1H3,(H,14,15). The van der Waals surface area contributed by atoms with Gasteiger partial charge in [0.1, 0.15) is 6.04 Å². The van der Waals surface area contributed by atoms with Crippen LogP contribution in [0.5, 0.6) is 0 Å². The van der Waals surface area contributed by atoms with Gasteiger partial charge < -0.3 is 10.4 Å². The highest BCUT2D eigenvalue weighted by atomic mass is 79.9. The van der Waals surface area contributed by atoms with Gasteiger partial charge in [-0.15, -0.1) is 0 Å². The molecule has 0 spiro atoms. The monoisotopic (exact) mass is 291 g/mol. The van der Waals surface area contributed by atoms with Crippen molar-refractivity contribution in [3.05, 3.63) is 27.7 Å². The van der Waals surface area contributed by atoms with Crippen molar-refractivity contribution in [2.75, 3.05) is 5.32 Å². The number of nitrogens with one attached hydrogen (secondary N) is 1. The molecule has 5 heteroatoms. The highest BCUT2D eigenvalue weighted by Crippen LogP contribution is 2.26. The summed E-state index contributed by atoms with van der Waals surface area (Å²) in [5.74, 6) is -0.881. The summed E-state index contributed by atoms with van der Waals surface area (Å²) in [6.45, 7) is 1.80. The van der Waals surface area contributed by atoms with E-state index in [0.717, 1.165) is 4.47 Å². The molecule has 82 valence electrons. The molecular weight excluding hydrogens is 281 g/mol. The summed E-state index contributed by atoms with van der Waals surface area (Å²) in [4.78, 5) is 10.8. The molecule has 0 aliphatic heterocycles. The fourth-order valence-corrected chi connectivity index (χ4v) is 1.67. The van der Waals surface area contributed by atoms with Gasteiger partial charge >= 0.3 is 5.97 Å². The van der Waals surface area contributed by atoms with Crippen LogP contribution in [0.1, 0.15) is 13.3 Å². The van der Waals surface area contributed by atoms with Gasteiger partial charge in [-0.25, -0.2) is 4.79 Å². The van der Waals surface area contributed by atoms with E-state index < -0.39 is 12.0 Å². The van der Waals surface area contributed by atoms with E-state index >= 15 is 0 Å². The summed E-state index contributed by atoms with van der Waals surface area (Å²) >= 11 is 9.22. The average Bonchev–Trinajstić information content (AvgIpc) is 2.18. The van der Waals surface area contributed by atoms with Gasteiger partial charge in [0.05, 0.1) is 10.7 Å². The molecule has 1 rings (SSSR count). The SMILES string of the molecule is CCC(Nc1cc(Br)ccc1Cl)C(=O)O. The lowest BCUT2D eigenvalue weighted by Gasteiger charge is -2.14. The van der Waals surface area contributed by atoms with Crippen LogP contribution >= 0.6 is 27.5 Å². The number of anilines is 1. The largest absolute Gasteiger partial charge is 0.480 e. The van der Waals surface area contributed by atoms with E-state index in [1.54, 1.807) is 25.1 Å². The van der Waals surface area contributed by atoms with E-state index in [0.29, 0.717) is 17.1 Å². The average molecular weight is 293 g/mol. The lowest BCUT2D eigenvalue weighted by atomic mass is 10.2. The number of halogens is 2. The van der Waals surface area contributed by atoms with Crippen molar-refractivity contribution in [3.8, 4) is 0 Å². The van der Waals surface area contributed by atoms with Gasteiger partial charge in [-0.3, -0.25) is 0 Å². The Labute approximate surface area is 102 Å². The maximum atomic E-state index is 10.8. The highest BCUT2D eigenvalue weighted by molar-refractivity contribution is 9.10. The summed E-state index contributed by atoms with van der Waals surface area (Å²) in [6.07, 6.45) is 0.498. The Morgan fingerprint density at radius 3 is 2.87 bits per heavy atom. The summed E-state index contributed by atoms with van der Waals surface area (Å²) in [7, 11) is 0. The molecule has 0 fully saturated rings. The molecule has 0 radical (unpaired) electrons. The molecule has 15 heavy (non-hydrogen) atoms. The zero-order chi connectivity index (χ0) is 11.4. The first-order valence-electron chi connectivity index (χ1n) is 4.49. The van der Waals surface area contributed by atoms with E-state index in [4.69, 9.17) is 16.7 Å². The van der Waals surface area contributed by atoms with Crippen molar-refractivity contribution in [2.45, 2.75) is 19.4 Å². The third kappa shape index (κ3) is 3.39. The van der Waals surface area contributed by atoms with Crippen LogP contribution in [0.4, 0.5) is 5.69 Å². The van der Waals surface area contributed by atoms with Crippen LogP contribution in [0.3, 0.4) is 0 Å². The number of carbonyl (C=O) groups is 1. The molecule has 0 heterocycles. The van der Waals surface area contributed by atoms with Crippen molar-refractivity contribution in [3.63, 3.8) is 0 Å². The van der Waals surface area contributed by atoms with Crippen molar-refractivity contribution in [1.29, 1.82) is 0 Å². The molecule has 0 saturated carbocycles. The third-order valence-corrected chi connectivity index (χ3v) is 2.79. The minimum absolute atomic E-state index is 0.498. The van der Waals surface area contributed by atoms with Gasteiger partial charge in [-0.2, -0.15) is 0 Å². The molecule has 0 aliphatic rings. The Balaban J connectivity index is 2.87. The molecule has 1 unspecified atom stereocenters. The minimum Gasteiger partial charge on any atom is -0.480 e. The predicted molar refractivity (Wildman–Crippen MR) is 64.5 cm³/mol. The molecular formula is C10H11BrClNO2. The summed E-state index contributed by atoms with van der Waals surface area (Å²) < 4.78 is 0.856. The van der Waals surface area contributed by atoms with E-state index in [1.807, 2.05) is 0 Å². The normalized spacial score (nSPS) is 12.2. The van der Waals surface area contributed by atoms with Crippen LogP contribution in [0.2, 0.25) is 5.02 Å². The second-order valence-electron chi connectivity index (χ2n) is 3.07. The lowest BCUT2D eigenvalue weighted by molar-refractivity contribution is -0.137. The molecule has 1 atom stereocenters. The Hall–Kier alpha value is -0.740. The molecule has 0 aliphatic carbocycles. The van der Waals surface area contributed by atoms with E-state index in [9.17, 15) is 4.79 Å². The fraction of sp³-hybridized carbons (Fsp3) is 0.300. The maximum absolute atomic E-state index is 10.8. The Bertz CT molecular complexity index is 370. The zero-order valence-corrected chi connectivity index (χ0v) is 10.5. The van der Waals surface area contributed by atoms with Crippen LogP contribution < -0.4 is 5.32 Å². The number of carboxylic acid groups (broad SMARTS) is 1. The molecule has 0 amide bonds. The smallest absolute Gasteiger partial charge is 0.326 e. The van der Waals surface area contributed by atoms with Crippen LogP contribution in [-0.2, 0) is 4.79 Å². The number of hydrogen-bond acceptors (Lipinski definition) is 2. The van der Waals surface area contributed by atoms with Crippen LogP contribution in [0.15, 0.2) is 22.7 Å². The second kappa shape index (κ2) is 5.37. The Morgan fingerprint density at radius 1 is 1.67 bits per heavy atom. The number of aliphatic carboxylic acids is 1. The molecule has 0 bridgehead atoms. The zero-order valence-electron chi connectivity index (χ0n) is 8.13. The summed E-state index contributed by atoms with van der Waals surface area (Å²) in [5.41, 5.74) is 0.625. The van der Waals surface area contributed by atoms with Crippen molar-refractivity contribution in [2.24, 2.45) is 0 Å². The quantitative estimate of drug-likeness (QED) is 0.894. The second-order valence-corrected chi connectivity index (χ2v) is 4.39. The molecule has 3 nitrogen and oxygen atoms in total. The van der Waals surface area contributed by atoms with E-state index in [-0.39, 0.29) is 0 Å². The van der Waals surface area contributed by atoms with Gasteiger partial charge in [0, 0.05) is 4.47 Å². The van der Waals surface area contributed by atoms with Crippen molar-refractivity contribution in [1.82, 2.24) is 0 Å². The van der Waals surface area contributed by atoms with Gasteiger partial charge in [0.2, 0.25) is 0 Å². The topological polar surface area (TPSA) is 49.3 Å².